The molecule has 2 amide bonds. The molecular formula is C19H18N2O4. The number of aromatic hydroxyl groups is 1. The summed E-state index contributed by atoms with van der Waals surface area (Å²) in [5.41, 5.74) is 0.402. The van der Waals surface area contributed by atoms with E-state index in [-0.39, 0.29) is 41.2 Å². The van der Waals surface area contributed by atoms with Gasteiger partial charge in [-0.1, -0.05) is 12.2 Å². The number of nitrogens with zero attached hydrogens (tertiary/aromatic N) is 2. The van der Waals surface area contributed by atoms with Gasteiger partial charge in [-0.2, -0.15) is 10.1 Å². The molecule has 25 heavy (non-hydrogen) atoms. The van der Waals surface area contributed by atoms with Gasteiger partial charge in [-0.05, 0) is 48.3 Å². The molecule has 1 aromatic rings. The zero-order valence-electron chi connectivity index (χ0n) is 13.7. The predicted molar refractivity (Wildman–Crippen MR) is 88.8 cm³/mol. The van der Waals surface area contributed by atoms with Crippen molar-refractivity contribution in [3.63, 3.8) is 0 Å². The summed E-state index contributed by atoms with van der Waals surface area (Å²) < 4.78 is 5.13. The van der Waals surface area contributed by atoms with Crippen LogP contribution in [0.1, 0.15) is 12.0 Å². The van der Waals surface area contributed by atoms with Gasteiger partial charge in [0, 0.05) is 5.56 Å². The monoisotopic (exact) mass is 338 g/mol. The summed E-state index contributed by atoms with van der Waals surface area (Å²) in [4.78, 5) is 25.6. The van der Waals surface area contributed by atoms with Gasteiger partial charge in [-0.15, -0.1) is 0 Å². The van der Waals surface area contributed by atoms with Crippen LogP contribution in [-0.4, -0.2) is 35.3 Å². The van der Waals surface area contributed by atoms with Crippen LogP contribution in [0.3, 0.4) is 0 Å². The van der Waals surface area contributed by atoms with Crippen molar-refractivity contribution in [3.8, 4) is 11.5 Å². The van der Waals surface area contributed by atoms with Crippen molar-refractivity contribution in [2.45, 2.75) is 6.42 Å². The van der Waals surface area contributed by atoms with Crippen LogP contribution in [0.25, 0.3) is 0 Å². The average Bonchev–Trinajstić information content (AvgIpc) is 3.40. The number of amides is 2. The first-order valence-electron chi connectivity index (χ1n) is 8.57. The van der Waals surface area contributed by atoms with Crippen molar-refractivity contribution >= 4 is 18.0 Å². The molecule has 6 heteroatoms. The predicted octanol–water partition coefficient (Wildman–Crippen LogP) is 1.79. The molecule has 2 bridgehead atoms. The maximum Gasteiger partial charge on any atom is 0.254 e. The van der Waals surface area contributed by atoms with Crippen molar-refractivity contribution < 1.29 is 19.4 Å². The number of hydrazone groups is 1. The lowest BCUT2D eigenvalue weighted by molar-refractivity contribution is -0.140. The molecule has 4 aliphatic carbocycles. The zero-order valence-corrected chi connectivity index (χ0v) is 13.7. The molecule has 0 aromatic heterocycles. The Hall–Kier alpha value is -2.63. The normalized spacial score (nSPS) is 37.6. The number of hydrogen-bond donors (Lipinski definition) is 1. The lowest BCUT2D eigenvalue weighted by Crippen LogP contribution is -2.40. The molecule has 128 valence electrons. The SMILES string of the molecule is COc1ccc(O)c(/C=N\N2C(=O)[C@@H]3[C@H]4C=C[C@@H]([C@@H]5C[C@@H]45)[C@@H]3C2=O)c1. The Morgan fingerprint density at radius 2 is 1.80 bits per heavy atom. The van der Waals surface area contributed by atoms with Crippen LogP contribution in [0, 0.1) is 35.5 Å². The number of hydrogen-bond acceptors (Lipinski definition) is 5. The number of rotatable bonds is 3. The third kappa shape index (κ3) is 1.94. The minimum absolute atomic E-state index is 0.0176. The van der Waals surface area contributed by atoms with E-state index >= 15 is 0 Å². The number of ether oxygens (including phenoxy) is 1. The van der Waals surface area contributed by atoms with Gasteiger partial charge < -0.3 is 9.84 Å². The van der Waals surface area contributed by atoms with Gasteiger partial charge >= 0.3 is 0 Å². The Morgan fingerprint density at radius 3 is 2.40 bits per heavy atom. The van der Waals surface area contributed by atoms with E-state index in [0.29, 0.717) is 23.1 Å². The Balaban J connectivity index is 1.45. The number of imide groups is 1. The van der Waals surface area contributed by atoms with Gasteiger partial charge in [0.2, 0.25) is 0 Å². The van der Waals surface area contributed by atoms with E-state index in [1.807, 2.05) is 0 Å². The minimum atomic E-state index is -0.262. The maximum absolute atomic E-state index is 12.8. The third-order valence-corrected chi connectivity index (χ3v) is 6.19. The highest BCUT2D eigenvalue weighted by atomic mass is 16.5. The first kappa shape index (κ1) is 14.7. The molecule has 0 radical (unpaired) electrons. The molecule has 1 aliphatic heterocycles. The number of carbonyl (C=O) groups excluding carboxylic acids is 2. The lowest BCUT2D eigenvalue weighted by atomic mass is 9.63. The van der Waals surface area contributed by atoms with E-state index in [0.717, 1.165) is 11.4 Å². The van der Waals surface area contributed by atoms with Crippen LogP contribution in [0.4, 0.5) is 0 Å². The van der Waals surface area contributed by atoms with Crippen molar-refractivity contribution in [1.29, 1.82) is 0 Å². The van der Waals surface area contributed by atoms with E-state index in [4.69, 9.17) is 4.74 Å². The number of phenolic OH excluding ortho intramolecular Hbond substituents is 1. The largest absolute Gasteiger partial charge is 0.507 e. The molecule has 1 saturated heterocycles. The van der Waals surface area contributed by atoms with Gasteiger partial charge in [-0.25, -0.2) is 0 Å². The molecular weight excluding hydrogens is 320 g/mol. The van der Waals surface area contributed by atoms with Crippen LogP contribution in [-0.2, 0) is 9.59 Å². The van der Waals surface area contributed by atoms with Crippen LogP contribution < -0.4 is 4.74 Å². The fraction of sp³-hybridized carbons (Fsp3) is 0.421. The van der Waals surface area contributed by atoms with E-state index in [1.165, 1.54) is 19.4 Å². The summed E-state index contributed by atoms with van der Waals surface area (Å²) in [7, 11) is 1.53. The molecule has 3 fully saturated rings. The molecule has 6 atom stereocenters. The molecule has 2 saturated carbocycles. The minimum Gasteiger partial charge on any atom is -0.507 e. The Labute approximate surface area is 144 Å². The number of allylic oxidation sites excluding steroid dienone is 2. The Morgan fingerprint density at radius 1 is 1.16 bits per heavy atom. The standard InChI is InChI=1S/C19H18N2O4/c1-25-10-2-5-15(22)9(6-10)8-20-21-18(23)16-11-3-4-12(14-7-13(11)14)17(16)19(21)24/h2-6,8,11-14,16-17,22H,7H2,1H3/b20-8-/t11-,12-,13-,14-,16-,17+/m0/s1. The molecule has 0 unspecified atom stereocenters. The fourth-order valence-corrected chi connectivity index (χ4v) is 4.94. The van der Waals surface area contributed by atoms with Crippen LogP contribution in [0.2, 0.25) is 0 Å². The van der Waals surface area contributed by atoms with E-state index in [2.05, 4.69) is 17.3 Å². The van der Waals surface area contributed by atoms with Crippen LogP contribution in [0.5, 0.6) is 11.5 Å². The maximum atomic E-state index is 12.8. The highest BCUT2D eigenvalue weighted by molar-refractivity contribution is 6.06. The number of phenols is 1. The van der Waals surface area contributed by atoms with Crippen LogP contribution in [0.15, 0.2) is 35.5 Å². The Kier molecular flexibility index (Phi) is 2.90. The lowest BCUT2D eigenvalue weighted by Gasteiger charge is -2.37. The van der Waals surface area contributed by atoms with Crippen molar-refractivity contribution in [2.75, 3.05) is 7.11 Å². The van der Waals surface area contributed by atoms with Crippen molar-refractivity contribution in [2.24, 2.45) is 40.6 Å². The Bertz CT molecular complexity index is 810. The second-order valence-electron chi connectivity index (χ2n) is 7.31. The summed E-state index contributed by atoms with van der Waals surface area (Å²) >= 11 is 0. The van der Waals surface area contributed by atoms with E-state index in [9.17, 15) is 14.7 Å². The number of carbonyl (C=O) groups is 2. The van der Waals surface area contributed by atoms with Gasteiger partial charge in [0.15, 0.2) is 0 Å². The van der Waals surface area contributed by atoms with Gasteiger partial charge in [0.1, 0.15) is 11.5 Å². The third-order valence-electron chi connectivity index (χ3n) is 6.19. The fourth-order valence-electron chi connectivity index (χ4n) is 4.94. The van der Waals surface area contributed by atoms with Gasteiger partial charge in [-0.3, -0.25) is 9.59 Å². The second-order valence-corrected chi connectivity index (χ2v) is 7.31. The van der Waals surface area contributed by atoms with Crippen molar-refractivity contribution in [1.82, 2.24) is 5.01 Å². The quantitative estimate of drug-likeness (QED) is 0.518. The molecule has 1 heterocycles. The summed E-state index contributed by atoms with van der Waals surface area (Å²) in [6.07, 6.45) is 6.75. The molecule has 6 nitrogen and oxygen atoms in total. The first-order chi connectivity index (χ1) is 12.1. The summed E-state index contributed by atoms with van der Waals surface area (Å²) in [6, 6.07) is 4.73. The summed E-state index contributed by atoms with van der Waals surface area (Å²) in [6.45, 7) is 0. The second kappa shape index (κ2) is 4.94. The molecule has 6 rings (SSSR count). The average molecular weight is 338 g/mol. The number of methoxy groups -OCH3 is 1. The topological polar surface area (TPSA) is 79.2 Å². The first-order valence-corrected chi connectivity index (χ1v) is 8.57. The summed E-state index contributed by atoms with van der Waals surface area (Å²) in [5.74, 6) is 1.14. The van der Waals surface area contributed by atoms with E-state index in [1.54, 1.807) is 12.1 Å². The van der Waals surface area contributed by atoms with Crippen molar-refractivity contribution in [3.05, 3.63) is 35.9 Å². The van der Waals surface area contributed by atoms with E-state index < -0.39 is 0 Å². The smallest absolute Gasteiger partial charge is 0.254 e. The van der Waals surface area contributed by atoms with Crippen LogP contribution >= 0.6 is 0 Å². The molecule has 0 spiro atoms. The highest BCUT2D eigenvalue weighted by Gasteiger charge is 2.67. The summed E-state index contributed by atoms with van der Waals surface area (Å²) in [5, 5.41) is 15.1. The molecule has 1 aromatic carbocycles. The highest BCUT2D eigenvalue weighted by Crippen LogP contribution is 2.65. The zero-order chi connectivity index (χ0) is 17.3. The molecule has 1 N–H and O–H groups in total. The van der Waals surface area contributed by atoms with Gasteiger partial charge in [0.05, 0.1) is 25.2 Å². The van der Waals surface area contributed by atoms with Gasteiger partial charge in [0.25, 0.3) is 11.8 Å². The molecule has 5 aliphatic rings. The number of benzene rings is 1.